The van der Waals surface area contributed by atoms with Crippen LogP contribution in [0, 0.1) is 6.92 Å². The third-order valence-corrected chi connectivity index (χ3v) is 4.56. The van der Waals surface area contributed by atoms with E-state index in [0.717, 1.165) is 47.4 Å². The molecule has 0 N–H and O–H groups in total. The fraction of sp³-hybridized carbons (Fsp3) is 0.300. The van der Waals surface area contributed by atoms with Crippen LogP contribution in [0.15, 0.2) is 62.9 Å². The van der Waals surface area contributed by atoms with Crippen LogP contribution in [0.1, 0.15) is 25.5 Å². The summed E-state index contributed by atoms with van der Waals surface area (Å²) < 4.78 is 11.5. The van der Waals surface area contributed by atoms with Gasteiger partial charge in [-0.3, -0.25) is 0 Å². The summed E-state index contributed by atoms with van der Waals surface area (Å²) in [6.45, 7) is 4.87. The highest BCUT2D eigenvalue weighted by Crippen LogP contribution is 2.39. The molecule has 0 spiro atoms. The maximum Gasteiger partial charge on any atom is 0.213 e. The molecule has 0 radical (unpaired) electrons. The van der Waals surface area contributed by atoms with Gasteiger partial charge in [0.15, 0.2) is 0 Å². The number of benzene rings is 1. The summed E-state index contributed by atoms with van der Waals surface area (Å²) in [7, 11) is 1.69. The lowest BCUT2D eigenvalue weighted by atomic mass is 9.99. The Bertz CT molecular complexity index is 789. The highest BCUT2D eigenvalue weighted by molar-refractivity contribution is 7.80. The maximum atomic E-state index is 5.94. The second kappa shape index (κ2) is 7.22. The van der Waals surface area contributed by atoms with Crippen molar-refractivity contribution < 1.29 is 9.15 Å². The first-order chi connectivity index (χ1) is 11.6. The van der Waals surface area contributed by atoms with E-state index in [2.05, 4.69) is 36.6 Å². The predicted molar refractivity (Wildman–Crippen MR) is 102 cm³/mol. The molecule has 2 aromatic rings. The Labute approximate surface area is 149 Å². The molecule has 0 unspecified atom stereocenters. The van der Waals surface area contributed by atoms with Gasteiger partial charge in [0.2, 0.25) is 5.88 Å². The number of hydrogen-bond acceptors (Lipinski definition) is 4. The average Bonchev–Trinajstić information content (AvgIpc) is 2.92. The van der Waals surface area contributed by atoms with Gasteiger partial charge in [0.05, 0.1) is 17.7 Å². The van der Waals surface area contributed by atoms with Crippen molar-refractivity contribution >= 4 is 24.2 Å². The summed E-state index contributed by atoms with van der Waals surface area (Å²) in [5, 5.41) is 0. The molecule has 1 aliphatic carbocycles. The molecule has 0 bridgehead atoms. The molecule has 126 valence electrons. The minimum atomic E-state index is 0.755. The molecule has 0 saturated heterocycles. The van der Waals surface area contributed by atoms with E-state index in [1.54, 1.807) is 7.11 Å². The van der Waals surface area contributed by atoms with Crippen LogP contribution in [0.2, 0.25) is 0 Å². The van der Waals surface area contributed by atoms with Gasteiger partial charge in [0.25, 0.3) is 0 Å². The average molecular weight is 341 g/mol. The lowest BCUT2D eigenvalue weighted by Crippen LogP contribution is -2.21. The Kier molecular flexibility index (Phi) is 5.05. The molecule has 3 nitrogen and oxygen atoms in total. The van der Waals surface area contributed by atoms with E-state index in [0.29, 0.717) is 0 Å². The first kappa shape index (κ1) is 16.8. The second-order valence-corrected chi connectivity index (χ2v) is 6.63. The lowest BCUT2D eigenvalue weighted by Gasteiger charge is -2.26. The summed E-state index contributed by atoms with van der Waals surface area (Å²) in [6.07, 6.45) is 6.59. The van der Waals surface area contributed by atoms with Crippen molar-refractivity contribution in [3.63, 3.8) is 0 Å². The first-order valence-electron chi connectivity index (χ1n) is 8.13. The van der Waals surface area contributed by atoms with Gasteiger partial charge in [0, 0.05) is 6.54 Å². The number of nitrogens with zero attached hydrogens (tertiary/aromatic N) is 1. The fourth-order valence-corrected chi connectivity index (χ4v) is 3.27. The SMILES string of the molecule is COc1ccccc1N(CC1=CC=C(C)CC1)c1oc(C)cc1S. The molecule has 24 heavy (non-hydrogen) atoms. The molecule has 0 saturated carbocycles. The van der Waals surface area contributed by atoms with Gasteiger partial charge in [-0.15, -0.1) is 12.6 Å². The minimum absolute atomic E-state index is 0.755. The highest BCUT2D eigenvalue weighted by Gasteiger charge is 2.21. The van der Waals surface area contributed by atoms with Crippen LogP contribution in [0.5, 0.6) is 5.75 Å². The van der Waals surface area contributed by atoms with Crippen LogP contribution in [0.4, 0.5) is 11.6 Å². The van der Waals surface area contributed by atoms with Crippen LogP contribution in [0.25, 0.3) is 0 Å². The van der Waals surface area contributed by atoms with E-state index in [1.165, 1.54) is 11.1 Å². The number of aryl methyl sites for hydroxylation is 1. The van der Waals surface area contributed by atoms with Crippen molar-refractivity contribution in [3.05, 3.63) is 59.4 Å². The number of hydrogen-bond donors (Lipinski definition) is 1. The number of anilines is 2. The van der Waals surface area contributed by atoms with Gasteiger partial charge >= 0.3 is 0 Å². The van der Waals surface area contributed by atoms with Crippen LogP contribution < -0.4 is 9.64 Å². The number of allylic oxidation sites excluding steroid dienone is 3. The first-order valence-corrected chi connectivity index (χ1v) is 8.58. The van der Waals surface area contributed by atoms with Gasteiger partial charge in [-0.05, 0) is 44.9 Å². The quantitative estimate of drug-likeness (QED) is 0.707. The highest BCUT2D eigenvalue weighted by atomic mass is 32.1. The lowest BCUT2D eigenvalue weighted by molar-refractivity contribution is 0.414. The molecule has 1 aromatic heterocycles. The third-order valence-electron chi connectivity index (χ3n) is 4.24. The molecule has 1 heterocycles. The van der Waals surface area contributed by atoms with E-state index in [4.69, 9.17) is 9.15 Å². The zero-order valence-electron chi connectivity index (χ0n) is 14.4. The van der Waals surface area contributed by atoms with Gasteiger partial charge in [-0.25, -0.2) is 0 Å². The summed E-state index contributed by atoms with van der Waals surface area (Å²) in [4.78, 5) is 2.98. The number of methoxy groups -OCH3 is 1. The summed E-state index contributed by atoms with van der Waals surface area (Å²) in [5.41, 5.74) is 3.77. The Balaban J connectivity index is 2.03. The monoisotopic (exact) mass is 341 g/mol. The molecule has 0 atom stereocenters. The van der Waals surface area contributed by atoms with Crippen LogP contribution in [-0.4, -0.2) is 13.7 Å². The van der Waals surface area contributed by atoms with Crippen LogP contribution >= 0.6 is 12.6 Å². The Morgan fingerprint density at radius 3 is 2.58 bits per heavy atom. The molecule has 0 aliphatic heterocycles. The summed E-state index contributed by atoms with van der Waals surface area (Å²) >= 11 is 4.60. The molecule has 3 rings (SSSR count). The number of rotatable bonds is 5. The molecule has 1 aromatic carbocycles. The van der Waals surface area contributed by atoms with E-state index >= 15 is 0 Å². The van der Waals surface area contributed by atoms with Crippen molar-refractivity contribution in [2.75, 3.05) is 18.6 Å². The second-order valence-electron chi connectivity index (χ2n) is 6.14. The van der Waals surface area contributed by atoms with Crippen molar-refractivity contribution in [2.24, 2.45) is 0 Å². The fourth-order valence-electron chi connectivity index (χ4n) is 2.92. The summed E-state index contributed by atoms with van der Waals surface area (Å²) in [6, 6.07) is 9.95. The Morgan fingerprint density at radius 2 is 1.96 bits per heavy atom. The zero-order valence-corrected chi connectivity index (χ0v) is 15.3. The van der Waals surface area contributed by atoms with Gasteiger partial charge in [0.1, 0.15) is 11.5 Å². The standard InChI is InChI=1S/C20H23NO2S/c1-14-8-10-16(11-9-14)13-21(20-19(24)12-15(2)23-20)17-6-4-5-7-18(17)22-3/h4-8,10,12,24H,9,11,13H2,1-3H3. The number of furan rings is 1. The molecule has 4 heteroatoms. The molecule has 0 amide bonds. The Hall–Kier alpha value is -2.07. The third kappa shape index (κ3) is 3.54. The largest absolute Gasteiger partial charge is 0.495 e. The molecule has 0 fully saturated rings. The van der Waals surface area contributed by atoms with Crippen molar-refractivity contribution in [1.82, 2.24) is 0 Å². The van der Waals surface area contributed by atoms with Gasteiger partial charge in [-0.2, -0.15) is 0 Å². The van der Waals surface area contributed by atoms with Crippen LogP contribution in [-0.2, 0) is 0 Å². The summed E-state index contributed by atoms with van der Waals surface area (Å²) in [5.74, 6) is 2.43. The normalized spacial score (nSPS) is 14.2. The molecular formula is C20H23NO2S. The predicted octanol–water partition coefficient (Wildman–Crippen LogP) is 5.69. The zero-order chi connectivity index (χ0) is 17.1. The Morgan fingerprint density at radius 1 is 1.17 bits per heavy atom. The molecular weight excluding hydrogens is 318 g/mol. The smallest absolute Gasteiger partial charge is 0.213 e. The molecule has 1 aliphatic rings. The van der Waals surface area contributed by atoms with Gasteiger partial charge < -0.3 is 14.1 Å². The van der Waals surface area contributed by atoms with E-state index in [1.807, 2.05) is 37.3 Å². The number of para-hydroxylation sites is 2. The van der Waals surface area contributed by atoms with Gasteiger partial charge in [-0.1, -0.05) is 35.4 Å². The van der Waals surface area contributed by atoms with Crippen molar-refractivity contribution in [2.45, 2.75) is 31.6 Å². The maximum absolute atomic E-state index is 5.94. The minimum Gasteiger partial charge on any atom is -0.495 e. The van der Waals surface area contributed by atoms with E-state index in [9.17, 15) is 0 Å². The topological polar surface area (TPSA) is 25.6 Å². The van der Waals surface area contributed by atoms with E-state index < -0.39 is 0 Å². The van der Waals surface area contributed by atoms with Crippen molar-refractivity contribution in [1.29, 1.82) is 0 Å². The number of ether oxygens (including phenoxy) is 1. The van der Waals surface area contributed by atoms with Crippen molar-refractivity contribution in [3.8, 4) is 5.75 Å². The number of thiol groups is 1. The van der Waals surface area contributed by atoms with E-state index in [-0.39, 0.29) is 0 Å². The van der Waals surface area contributed by atoms with Crippen LogP contribution in [0.3, 0.4) is 0 Å².